The maximum Gasteiger partial charge on any atom is 0.352 e. The Balaban J connectivity index is 1.60. The van der Waals surface area contributed by atoms with E-state index in [0.29, 0.717) is 0 Å². The SMILES string of the molecule is O=C(O)C1=C(C(CCS(=O)(=O)O)Sc2nnn[nH]2)CS[C@H]2C(NC(=O)C(c3ccccc3)S(=O)(=O)O)C(=O)N12. The van der Waals surface area contributed by atoms with Crippen molar-refractivity contribution < 1.29 is 45.4 Å². The number of aromatic nitrogens is 4. The van der Waals surface area contributed by atoms with Crippen LogP contribution in [0.5, 0.6) is 0 Å². The zero-order chi connectivity index (χ0) is 28.5. The molecule has 16 nitrogen and oxygen atoms in total. The Hall–Kier alpha value is -3.04. The van der Waals surface area contributed by atoms with Crippen LogP contribution in [0.1, 0.15) is 17.2 Å². The van der Waals surface area contributed by atoms with Crippen molar-refractivity contribution in [3.8, 4) is 0 Å². The molecule has 20 heteroatoms. The fourth-order valence-corrected chi connectivity index (χ4v) is 8.17. The van der Waals surface area contributed by atoms with Gasteiger partial charge in [-0.3, -0.25) is 23.6 Å². The summed E-state index contributed by atoms with van der Waals surface area (Å²) in [6.45, 7) is 0. The second-order valence-corrected chi connectivity index (χ2v) is 13.6. The van der Waals surface area contributed by atoms with Gasteiger partial charge in [0, 0.05) is 11.0 Å². The van der Waals surface area contributed by atoms with Gasteiger partial charge in [-0.1, -0.05) is 42.1 Å². The Morgan fingerprint density at radius 3 is 2.46 bits per heavy atom. The third-order valence-corrected chi connectivity index (χ3v) is 10.1. The average Bonchev–Trinajstić information content (AvgIpc) is 3.36. The zero-order valence-corrected chi connectivity index (χ0v) is 22.7. The van der Waals surface area contributed by atoms with E-state index in [-0.39, 0.29) is 28.5 Å². The quantitative estimate of drug-likeness (QED) is 0.118. The van der Waals surface area contributed by atoms with Gasteiger partial charge in [0.2, 0.25) is 11.1 Å². The molecule has 1 fully saturated rings. The number of benzene rings is 1. The Bertz CT molecular complexity index is 1510. The van der Waals surface area contributed by atoms with Crippen molar-refractivity contribution in [2.24, 2.45) is 0 Å². The molecule has 4 rings (SSSR count). The van der Waals surface area contributed by atoms with Crippen molar-refractivity contribution in [2.45, 2.75) is 33.5 Å². The number of carboxylic acid groups (broad SMARTS) is 1. The number of hydrogen-bond donors (Lipinski definition) is 5. The van der Waals surface area contributed by atoms with Crippen LogP contribution in [0.15, 0.2) is 46.8 Å². The first-order chi connectivity index (χ1) is 18.3. The van der Waals surface area contributed by atoms with Crippen molar-refractivity contribution >= 4 is 61.5 Å². The van der Waals surface area contributed by atoms with Gasteiger partial charge < -0.3 is 10.4 Å². The maximum atomic E-state index is 13.1. The number of H-pyrrole nitrogens is 1. The normalized spacial score (nSPS) is 21.1. The molecule has 2 amide bonds. The fourth-order valence-electron chi connectivity index (χ4n) is 4.10. The number of carboxylic acids is 1. The number of thioether (sulfide) groups is 2. The van der Waals surface area contributed by atoms with E-state index in [1.165, 1.54) is 24.3 Å². The molecule has 5 N–H and O–H groups in total. The summed E-state index contributed by atoms with van der Waals surface area (Å²) < 4.78 is 65.6. The molecule has 3 unspecified atom stereocenters. The number of carbonyl (C=O) groups excluding carboxylic acids is 2. The average molecular weight is 621 g/mol. The lowest BCUT2D eigenvalue weighted by molar-refractivity contribution is -0.150. The number of carbonyl (C=O) groups is 3. The van der Waals surface area contributed by atoms with Gasteiger partial charge in [-0.05, 0) is 28.0 Å². The lowest BCUT2D eigenvalue weighted by atomic mass is 10.00. The van der Waals surface area contributed by atoms with Gasteiger partial charge >= 0.3 is 5.97 Å². The number of fused-ring (bicyclic) bond motifs is 1. The van der Waals surface area contributed by atoms with Crippen LogP contribution in [0.2, 0.25) is 0 Å². The molecule has 0 spiro atoms. The van der Waals surface area contributed by atoms with Crippen LogP contribution < -0.4 is 5.32 Å². The molecule has 39 heavy (non-hydrogen) atoms. The summed E-state index contributed by atoms with van der Waals surface area (Å²) in [5.74, 6) is -4.25. The summed E-state index contributed by atoms with van der Waals surface area (Å²) in [5, 5.41) is 21.6. The van der Waals surface area contributed by atoms with Crippen LogP contribution in [0.4, 0.5) is 0 Å². The third-order valence-electron chi connectivity index (χ3n) is 5.74. The number of rotatable bonds is 11. The molecule has 0 bridgehead atoms. The van der Waals surface area contributed by atoms with Gasteiger partial charge in [-0.25, -0.2) is 9.89 Å². The highest BCUT2D eigenvalue weighted by atomic mass is 32.2. The van der Waals surface area contributed by atoms with Gasteiger partial charge in [0.25, 0.3) is 26.1 Å². The van der Waals surface area contributed by atoms with Crippen LogP contribution in [0.25, 0.3) is 0 Å². The van der Waals surface area contributed by atoms with Crippen LogP contribution >= 0.6 is 23.5 Å². The monoisotopic (exact) mass is 620 g/mol. The highest BCUT2D eigenvalue weighted by molar-refractivity contribution is 8.01. The predicted molar refractivity (Wildman–Crippen MR) is 135 cm³/mol. The summed E-state index contributed by atoms with van der Waals surface area (Å²) in [4.78, 5) is 39.2. The molecular formula is C19H20N6O10S4. The largest absolute Gasteiger partial charge is 0.477 e. The highest BCUT2D eigenvalue weighted by Gasteiger charge is 2.55. The minimum absolute atomic E-state index is 0.0203. The number of tetrazole rings is 1. The number of amides is 2. The Morgan fingerprint density at radius 1 is 1.21 bits per heavy atom. The number of nitrogens with zero attached hydrogens (tertiary/aromatic N) is 4. The Labute approximate surface area is 229 Å². The Morgan fingerprint density at radius 2 is 1.90 bits per heavy atom. The van der Waals surface area contributed by atoms with E-state index < -0.39 is 71.4 Å². The number of hydrogen-bond acceptors (Lipinski definition) is 12. The summed E-state index contributed by atoms with van der Waals surface area (Å²) >= 11 is 1.96. The van der Waals surface area contributed by atoms with Crippen LogP contribution in [-0.2, 0) is 34.6 Å². The van der Waals surface area contributed by atoms with Crippen LogP contribution in [-0.4, -0.2) is 103 Å². The molecule has 3 heterocycles. The molecule has 0 saturated carbocycles. The standard InChI is InChI=1S/C19H20N6O10S4/c26-15(14(39(33,34)35)9-4-2-1-3-5-9)20-12-16(27)25-13(18(28)29)10(8-36-17(12)25)11(6-7-38(30,31)32)37-19-21-23-24-22-19/h1-5,11-12,14,17H,6-8H2,(H,20,26)(H,28,29)(H,30,31,32)(H,33,34,35)(H,21,22,23,24)/t11?,12?,14?,17-/m0/s1. The van der Waals surface area contributed by atoms with Gasteiger partial charge in [-0.2, -0.15) is 16.8 Å². The van der Waals surface area contributed by atoms with E-state index in [9.17, 15) is 45.4 Å². The molecule has 1 aromatic carbocycles. The molecular weight excluding hydrogens is 601 g/mol. The van der Waals surface area contributed by atoms with Crippen LogP contribution in [0.3, 0.4) is 0 Å². The minimum atomic E-state index is -4.92. The first kappa shape index (κ1) is 29.0. The van der Waals surface area contributed by atoms with E-state index in [4.69, 9.17) is 0 Å². The number of nitrogens with one attached hydrogen (secondary N) is 2. The van der Waals surface area contributed by atoms with Crippen molar-refractivity contribution in [1.29, 1.82) is 0 Å². The molecule has 4 atom stereocenters. The smallest absolute Gasteiger partial charge is 0.352 e. The van der Waals surface area contributed by atoms with Crippen molar-refractivity contribution in [1.82, 2.24) is 30.8 Å². The van der Waals surface area contributed by atoms with Crippen molar-refractivity contribution in [3.63, 3.8) is 0 Å². The summed E-state index contributed by atoms with van der Waals surface area (Å²) in [5.41, 5.74) is -0.317. The van der Waals surface area contributed by atoms with Crippen molar-refractivity contribution in [2.75, 3.05) is 11.5 Å². The lowest BCUT2D eigenvalue weighted by Gasteiger charge is -2.50. The van der Waals surface area contributed by atoms with Crippen molar-refractivity contribution in [3.05, 3.63) is 47.2 Å². The first-order valence-electron chi connectivity index (χ1n) is 10.9. The molecule has 0 radical (unpaired) electrons. The van der Waals surface area contributed by atoms with Gasteiger partial charge in [0.05, 0.1) is 5.75 Å². The summed E-state index contributed by atoms with van der Waals surface area (Å²) in [7, 11) is -9.33. The van der Waals surface area contributed by atoms with E-state index >= 15 is 0 Å². The van der Waals surface area contributed by atoms with Crippen LogP contribution in [0, 0.1) is 0 Å². The van der Waals surface area contributed by atoms with Gasteiger partial charge in [-0.15, -0.1) is 16.9 Å². The third kappa shape index (κ3) is 6.41. The zero-order valence-electron chi connectivity index (χ0n) is 19.4. The first-order valence-corrected chi connectivity index (χ1v) is 15.9. The topological polar surface area (TPSA) is 250 Å². The number of β-lactam (4-membered cyclic amide) rings is 1. The second kappa shape index (κ2) is 11.2. The predicted octanol–water partition coefficient (Wildman–Crippen LogP) is -0.694. The second-order valence-electron chi connectivity index (χ2n) is 8.27. The van der Waals surface area contributed by atoms with E-state index in [2.05, 4.69) is 25.9 Å². The van der Waals surface area contributed by atoms with Gasteiger partial charge in [0.1, 0.15) is 17.1 Å². The van der Waals surface area contributed by atoms with E-state index in [1.54, 1.807) is 6.07 Å². The Kier molecular flexibility index (Phi) is 8.33. The molecule has 0 aliphatic carbocycles. The summed E-state index contributed by atoms with van der Waals surface area (Å²) in [6.07, 6.45) is -0.239. The molecule has 2 aliphatic heterocycles. The molecule has 1 saturated heterocycles. The molecule has 2 aliphatic rings. The number of aliphatic carboxylic acids is 1. The lowest BCUT2D eigenvalue weighted by Crippen LogP contribution is -2.71. The highest BCUT2D eigenvalue weighted by Crippen LogP contribution is 2.44. The van der Waals surface area contributed by atoms with E-state index in [1.807, 2.05) is 0 Å². The molecule has 2 aromatic rings. The molecule has 1 aromatic heterocycles. The number of aromatic amines is 1. The fraction of sp³-hybridized carbons (Fsp3) is 0.368. The molecule has 210 valence electrons. The van der Waals surface area contributed by atoms with E-state index in [0.717, 1.165) is 28.4 Å². The maximum absolute atomic E-state index is 13.1. The van der Waals surface area contributed by atoms with Gasteiger partial charge in [0.15, 0.2) is 5.25 Å². The minimum Gasteiger partial charge on any atom is -0.477 e. The summed E-state index contributed by atoms with van der Waals surface area (Å²) in [6, 6.07) is 5.83.